The summed E-state index contributed by atoms with van der Waals surface area (Å²) < 4.78 is 10.6. The number of hydrogen-bond acceptors (Lipinski definition) is 6. The Morgan fingerprint density at radius 3 is 2.50 bits per heavy atom. The van der Waals surface area contributed by atoms with E-state index in [4.69, 9.17) is 9.26 Å². The van der Waals surface area contributed by atoms with E-state index in [1.165, 1.54) is 37.7 Å². The summed E-state index contributed by atoms with van der Waals surface area (Å²) in [7, 11) is 0. The molecule has 0 aliphatic heterocycles. The molecular weight excluding hydrogens is 478 g/mol. The number of esters is 1. The number of benzene rings is 2. The molecule has 7 nitrogen and oxygen atoms in total. The van der Waals surface area contributed by atoms with Crippen LogP contribution in [0.2, 0.25) is 0 Å². The number of aromatic nitrogens is 2. The molecule has 1 aliphatic rings. The zero-order chi connectivity index (χ0) is 26.7. The molecule has 2 aromatic carbocycles. The zero-order valence-corrected chi connectivity index (χ0v) is 22.7. The van der Waals surface area contributed by atoms with Crippen LogP contribution in [-0.2, 0) is 40.1 Å². The summed E-state index contributed by atoms with van der Waals surface area (Å²) in [4.78, 5) is 31.8. The number of carbonyl (C=O) groups excluding carboxylic acids is 2. The van der Waals surface area contributed by atoms with Gasteiger partial charge in [0, 0.05) is 17.7 Å². The average molecular weight is 518 g/mol. The van der Waals surface area contributed by atoms with Crippen molar-refractivity contribution in [2.45, 2.75) is 91.0 Å². The second kappa shape index (κ2) is 13.9. The van der Waals surface area contributed by atoms with Crippen molar-refractivity contribution in [3.05, 3.63) is 65.0 Å². The Bertz CT molecular complexity index is 1200. The van der Waals surface area contributed by atoms with E-state index in [2.05, 4.69) is 23.1 Å². The molecule has 0 saturated heterocycles. The fourth-order valence-corrected chi connectivity index (χ4v) is 5.05. The first-order valence-corrected chi connectivity index (χ1v) is 14.1. The highest BCUT2D eigenvalue weighted by Gasteiger charge is 2.28. The van der Waals surface area contributed by atoms with Crippen LogP contribution in [0.3, 0.4) is 0 Å². The number of carbonyl (C=O) groups is 2. The Hall–Kier alpha value is -3.48. The highest BCUT2D eigenvalue weighted by atomic mass is 16.5. The van der Waals surface area contributed by atoms with Crippen LogP contribution in [0.4, 0.5) is 5.69 Å². The lowest BCUT2D eigenvalue weighted by atomic mass is 9.90. The minimum absolute atomic E-state index is 0.158. The lowest BCUT2D eigenvalue weighted by Gasteiger charge is -2.28. The van der Waals surface area contributed by atoms with Crippen LogP contribution < -0.4 is 4.90 Å². The Morgan fingerprint density at radius 2 is 1.71 bits per heavy atom. The van der Waals surface area contributed by atoms with Gasteiger partial charge in [0.25, 0.3) is 5.89 Å². The molecule has 0 saturated carbocycles. The SMILES string of the molecule is CCCCCCCCc1noc(-c2ccc(CN(C(=O)C(=O)OCC)c3cccc4c3CCCC4)cc2)n1. The number of hydrogen-bond donors (Lipinski definition) is 0. The van der Waals surface area contributed by atoms with Crippen molar-refractivity contribution in [1.82, 2.24) is 10.1 Å². The summed E-state index contributed by atoms with van der Waals surface area (Å²) in [6, 6.07) is 13.7. The van der Waals surface area contributed by atoms with Crippen molar-refractivity contribution in [2.24, 2.45) is 0 Å². The topological polar surface area (TPSA) is 85.5 Å². The van der Waals surface area contributed by atoms with Gasteiger partial charge in [0.05, 0.1) is 13.2 Å². The number of amides is 1. The molecule has 7 heteroatoms. The van der Waals surface area contributed by atoms with Crippen molar-refractivity contribution in [2.75, 3.05) is 11.5 Å². The molecule has 0 radical (unpaired) electrons. The van der Waals surface area contributed by atoms with Gasteiger partial charge in [-0.25, -0.2) is 4.79 Å². The number of rotatable bonds is 12. The van der Waals surface area contributed by atoms with Gasteiger partial charge in [-0.2, -0.15) is 4.98 Å². The van der Waals surface area contributed by atoms with E-state index in [0.717, 1.165) is 66.7 Å². The fourth-order valence-electron chi connectivity index (χ4n) is 5.05. The van der Waals surface area contributed by atoms with Crippen molar-refractivity contribution in [3.63, 3.8) is 0 Å². The second-order valence-electron chi connectivity index (χ2n) is 9.96. The van der Waals surface area contributed by atoms with Gasteiger partial charge in [-0.05, 0) is 73.9 Å². The number of unbranched alkanes of at least 4 members (excludes halogenated alkanes) is 5. The van der Waals surface area contributed by atoms with Crippen LogP contribution in [0.1, 0.15) is 87.7 Å². The van der Waals surface area contributed by atoms with Gasteiger partial charge in [0.2, 0.25) is 0 Å². The van der Waals surface area contributed by atoms with Crippen LogP contribution in [0.5, 0.6) is 0 Å². The monoisotopic (exact) mass is 517 g/mol. The van der Waals surface area contributed by atoms with Gasteiger partial charge in [0.15, 0.2) is 5.82 Å². The molecule has 0 atom stereocenters. The van der Waals surface area contributed by atoms with E-state index in [-0.39, 0.29) is 13.2 Å². The summed E-state index contributed by atoms with van der Waals surface area (Å²) in [6.07, 6.45) is 12.3. The van der Waals surface area contributed by atoms with E-state index in [9.17, 15) is 9.59 Å². The molecular formula is C31H39N3O4. The summed E-state index contributed by atoms with van der Waals surface area (Å²) in [6.45, 7) is 4.35. The minimum Gasteiger partial charge on any atom is -0.459 e. The van der Waals surface area contributed by atoms with E-state index in [1.54, 1.807) is 11.8 Å². The first-order valence-electron chi connectivity index (χ1n) is 14.1. The molecule has 38 heavy (non-hydrogen) atoms. The third-order valence-corrected chi connectivity index (χ3v) is 7.12. The predicted octanol–water partition coefficient (Wildman–Crippen LogP) is 6.61. The number of ether oxygens (including phenoxy) is 1. The van der Waals surface area contributed by atoms with Crippen LogP contribution in [0, 0.1) is 0 Å². The molecule has 1 aliphatic carbocycles. The van der Waals surface area contributed by atoms with Gasteiger partial charge in [0.1, 0.15) is 0 Å². The van der Waals surface area contributed by atoms with E-state index < -0.39 is 11.9 Å². The standard InChI is InChI=1S/C31H39N3O4/c1-3-5-6-7-8-9-17-28-32-29(38-33-28)25-20-18-23(19-21-25)22-34(30(35)31(36)37-4-2)27-16-12-14-24-13-10-11-15-26(24)27/h12,14,16,18-21H,3-11,13,15,17,22H2,1-2H3. The van der Waals surface area contributed by atoms with Crippen LogP contribution in [0.25, 0.3) is 11.5 Å². The third-order valence-electron chi connectivity index (χ3n) is 7.12. The van der Waals surface area contributed by atoms with Crippen molar-refractivity contribution in [3.8, 4) is 11.5 Å². The molecule has 0 fully saturated rings. The largest absolute Gasteiger partial charge is 0.459 e. The van der Waals surface area contributed by atoms with E-state index >= 15 is 0 Å². The van der Waals surface area contributed by atoms with Gasteiger partial charge >= 0.3 is 11.9 Å². The molecule has 3 aromatic rings. The number of fused-ring (bicyclic) bond motifs is 1. The smallest absolute Gasteiger partial charge is 0.397 e. The molecule has 4 rings (SSSR count). The van der Waals surface area contributed by atoms with Gasteiger partial charge < -0.3 is 9.26 Å². The Morgan fingerprint density at radius 1 is 0.947 bits per heavy atom. The maximum atomic E-state index is 13.2. The lowest BCUT2D eigenvalue weighted by molar-refractivity contribution is -0.153. The third kappa shape index (κ3) is 7.09. The first-order chi connectivity index (χ1) is 18.6. The Labute approximate surface area is 225 Å². The van der Waals surface area contributed by atoms with E-state index in [0.29, 0.717) is 5.89 Å². The molecule has 0 spiro atoms. The van der Waals surface area contributed by atoms with Crippen molar-refractivity contribution >= 4 is 17.6 Å². The first kappa shape index (κ1) is 27.6. The van der Waals surface area contributed by atoms with Crippen molar-refractivity contribution < 1.29 is 18.8 Å². The van der Waals surface area contributed by atoms with Crippen LogP contribution >= 0.6 is 0 Å². The molecule has 202 valence electrons. The highest BCUT2D eigenvalue weighted by Crippen LogP contribution is 2.32. The summed E-state index contributed by atoms with van der Waals surface area (Å²) >= 11 is 0. The Kier molecular flexibility index (Phi) is 10.1. The number of anilines is 1. The van der Waals surface area contributed by atoms with Gasteiger partial charge in [-0.1, -0.05) is 68.4 Å². The normalized spacial score (nSPS) is 12.7. The van der Waals surface area contributed by atoms with Gasteiger partial charge in [-0.15, -0.1) is 0 Å². The molecule has 1 heterocycles. The average Bonchev–Trinajstić information content (AvgIpc) is 3.42. The van der Waals surface area contributed by atoms with E-state index in [1.807, 2.05) is 36.4 Å². The number of aryl methyl sites for hydroxylation is 2. The summed E-state index contributed by atoms with van der Waals surface area (Å²) in [5.74, 6) is -0.249. The summed E-state index contributed by atoms with van der Waals surface area (Å²) in [5, 5.41) is 4.15. The minimum atomic E-state index is -0.832. The van der Waals surface area contributed by atoms with Crippen LogP contribution in [-0.4, -0.2) is 28.6 Å². The molecule has 0 unspecified atom stereocenters. The maximum Gasteiger partial charge on any atom is 0.397 e. The molecule has 1 aromatic heterocycles. The van der Waals surface area contributed by atoms with Crippen LogP contribution in [0.15, 0.2) is 47.0 Å². The van der Waals surface area contributed by atoms with Crippen molar-refractivity contribution in [1.29, 1.82) is 0 Å². The van der Waals surface area contributed by atoms with Gasteiger partial charge in [-0.3, -0.25) is 9.69 Å². The summed E-state index contributed by atoms with van der Waals surface area (Å²) in [5.41, 5.74) is 4.92. The fraction of sp³-hybridized carbons (Fsp3) is 0.484. The maximum absolute atomic E-state index is 13.2. The lowest BCUT2D eigenvalue weighted by Crippen LogP contribution is -2.38. The number of nitrogens with zero attached hydrogens (tertiary/aromatic N) is 3. The quantitative estimate of drug-likeness (QED) is 0.153. The molecule has 0 bridgehead atoms. The highest BCUT2D eigenvalue weighted by molar-refractivity contribution is 6.38. The molecule has 1 amide bonds. The predicted molar refractivity (Wildman–Crippen MR) is 148 cm³/mol. The molecule has 0 N–H and O–H groups in total. The Balaban J connectivity index is 1.46. The zero-order valence-electron chi connectivity index (χ0n) is 22.7. The second-order valence-corrected chi connectivity index (χ2v) is 9.96.